The summed E-state index contributed by atoms with van der Waals surface area (Å²) < 4.78 is 0. The molecule has 0 atom stereocenters. The zero-order chi connectivity index (χ0) is 5.28. The second-order valence-corrected chi connectivity index (χ2v) is 3.42. The molecule has 0 saturated heterocycles. The van der Waals surface area contributed by atoms with Gasteiger partial charge in [0.1, 0.15) is 8.41 Å². The lowest BCUT2D eigenvalue weighted by Gasteiger charge is -1.96. The molecule has 0 aromatic heterocycles. The van der Waals surface area contributed by atoms with Gasteiger partial charge in [0.2, 0.25) is 5.53 Å². The van der Waals surface area contributed by atoms with E-state index in [1.165, 1.54) is 0 Å². The number of allylic oxidation sites excluding steroid dienone is 1. The maximum Gasteiger partial charge on any atom is 0.213 e. The van der Waals surface area contributed by atoms with E-state index in [0.29, 0.717) is 0 Å². The third-order valence-corrected chi connectivity index (χ3v) is 2.51. The van der Waals surface area contributed by atoms with Gasteiger partial charge in [-0.3, -0.25) is 4.79 Å². The molecule has 0 aromatic rings. The Morgan fingerprint density at radius 1 is 1.71 bits per heavy atom. The predicted octanol–water partition coefficient (Wildman–Crippen LogP) is -0.365. The Morgan fingerprint density at radius 3 is 2.29 bits per heavy atom. The molecule has 0 unspecified atom stereocenters. The maximum absolute atomic E-state index is 10.2. The number of carbonyl (C=O) groups is 1. The van der Waals surface area contributed by atoms with Crippen LogP contribution in [-0.4, -0.2) is 19.6 Å². The van der Waals surface area contributed by atoms with Crippen molar-refractivity contribution in [2.45, 2.75) is 0 Å². The summed E-state index contributed by atoms with van der Waals surface area (Å²) in [6.45, 7) is 0. The van der Waals surface area contributed by atoms with E-state index in [0.717, 1.165) is 0 Å². The zero-order valence-electron chi connectivity index (χ0n) is 3.72. The van der Waals surface area contributed by atoms with Crippen molar-refractivity contribution < 1.29 is 4.79 Å². The number of hydrogen-bond donors (Lipinski definition) is 1. The first-order valence-corrected chi connectivity index (χ1v) is 3.64. The third-order valence-electron chi connectivity index (χ3n) is 0.836. The smallest absolute Gasteiger partial charge is 0.213 e. The molecule has 7 heavy (non-hydrogen) atoms. The van der Waals surface area contributed by atoms with Crippen molar-refractivity contribution in [2.24, 2.45) is 5.73 Å². The van der Waals surface area contributed by atoms with Crippen LogP contribution >= 0.6 is 0 Å². The minimum atomic E-state index is -0.932. The summed E-state index contributed by atoms with van der Waals surface area (Å²) in [5.41, 5.74) is 8.50. The first-order chi connectivity index (χ1) is 3.30. The summed E-state index contributed by atoms with van der Waals surface area (Å²) in [7, 11) is -0.932. The first-order valence-electron chi connectivity index (χ1n) is 1.99. The standard InChI is InChI=1S/C4H5NOSi/c5-4(6)7-2-1-3-7/h1-3H,(H2,5,6). The Labute approximate surface area is 42.9 Å². The van der Waals surface area contributed by atoms with Gasteiger partial charge >= 0.3 is 0 Å². The van der Waals surface area contributed by atoms with Gasteiger partial charge in [0, 0.05) is 0 Å². The van der Waals surface area contributed by atoms with Gasteiger partial charge in [0.15, 0.2) is 0 Å². The molecule has 1 amide bonds. The van der Waals surface area contributed by atoms with Gasteiger partial charge in [0.25, 0.3) is 0 Å². The SMILES string of the molecule is NC(=O)[Si]1=CC=C1. The van der Waals surface area contributed by atoms with Gasteiger partial charge in [-0.05, 0) is 0 Å². The highest BCUT2D eigenvalue weighted by Crippen LogP contribution is 1.83. The molecule has 1 rings (SSSR count). The van der Waals surface area contributed by atoms with Crippen molar-refractivity contribution in [1.29, 1.82) is 0 Å². The number of nitrogens with two attached hydrogens (primary N) is 1. The van der Waals surface area contributed by atoms with Crippen LogP contribution < -0.4 is 5.73 Å². The van der Waals surface area contributed by atoms with E-state index in [1.54, 1.807) is 0 Å². The van der Waals surface area contributed by atoms with Gasteiger partial charge in [-0.1, -0.05) is 17.4 Å². The van der Waals surface area contributed by atoms with E-state index in [-0.39, 0.29) is 5.53 Å². The van der Waals surface area contributed by atoms with E-state index >= 15 is 0 Å². The van der Waals surface area contributed by atoms with Gasteiger partial charge in [-0.25, -0.2) is 0 Å². The molecule has 1 aliphatic heterocycles. The number of carbonyl (C=O) groups excluding carboxylic acids is 1. The van der Waals surface area contributed by atoms with Crippen LogP contribution in [0.3, 0.4) is 0 Å². The molecule has 0 aromatic carbocycles. The van der Waals surface area contributed by atoms with E-state index in [1.807, 2.05) is 17.4 Å². The molecule has 1 heterocycles. The van der Waals surface area contributed by atoms with Gasteiger partial charge in [-0.15, -0.1) is 0 Å². The fourth-order valence-corrected chi connectivity index (χ4v) is 1.07. The molecule has 2 N–H and O–H groups in total. The minimum Gasteiger partial charge on any atom is -0.371 e. The van der Waals surface area contributed by atoms with Crippen LogP contribution in [0.5, 0.6) is 0 Å². The molecule has 0 bridgehead atoms. The van der Waals surface area contributed by atoms with Crippen LogP contribution in [0.15, 0.2) is 11.8 Å². The Balaban J connectivity index is 2.60. The molecule has 36 valence electrons. The van der Waals surface area contributed by atoms with Crippen LogP contribution in [0, 0.1) is 0 Å². The molecule has 0 fully saturated rings. The van der Waals surface area contributed by atoms with Crippen molar-refractivity contribution in [3.8, 4) is 0 Å². The van der Waals surface area contributed by atoms with E-state index in [2.05, 4.69) is 0 Å². The number of hydrogen-bond acceptors (Lipinski definition) is 1. The Hall–Kier alpha value is -0.703. The van der Waals surface area contributed by atoms with Crippen LogP contribution in [0.25, 0.3) is 0 Å². The van der Waals surface area contributed by atoms with Crippen molar-refractivity contribution >= 4 is 19.6 Å². The molecule has 2 nitrogen and oxygen atoms in total. The largest absolute Gasteiger partial charge is 0.371 e. The Kier molecular flexibility index (Phi) is 0.904. The summed E-state index contributed by atoms with van der Waals surface area (Å²) in [6.07, 6.45) is 1.86. The Bertz CT molecular complexity index is 159. The molecule has 0 spiro atoms. The van der Waals surface area contributed by atoms with E-state index in [9.17, 15) is 4.79 Å². The van der Waals surface area contributed by atoms with Crippen molar-refractivity contribution in [1.82, 2.24) is 0 Å². The highest BCUT2D eigenvalue weighted by Gasteiger charge is 2.03. The predicted molar refractivity (Wildman–Crippen MR) is 30.5 cm³/mol. The lowest BCUT2D eigenvalue weighted by atomic mass is 10.7. The molecule has 0 radical (unpaired) electrons. The highest BCUT2D eigenvalue weighted by molar-refractivity contribution is 6.99. The summed E-state index contributed by atoms with van der Waals surface area (Å²) in [5.74, 6) is 0. The molecule has 1 aliphatic rings. The first kappa shape index (κ1) is 4.46. The van der Waals surface area contributed by atoms with Crippen LogP contribution in [0.4, 0.5) is 4.79 Å². The van der Waals surface area contributed by atoms with Crippen molar-refractivity contribution in [2.75, 3.05) is 0 Å². The zero-order valence-corrected chi connectivity index (χ0v) is 4.72. The topological polar surface area (TPSA) is 43.1 Å². The number of amides is 1. The highest BCUT2D eigenvalue weighted by atomic mass is 28.2. The molecule has 0 saturated carbocycles. The second kappa shape index (κ2) is 1.42. The van der Waals surface area contributed by atoms with Crippen LogP contribution in [-0.2, 0) is 0 Å². The van der Waals surface area contributed by atoms with Crippen LogP contribution in [0.1, 0.15) is 0 Å². The van der Waals surface area contributed by atoms with Crippen LogP contribution in [0.2, 0.25) is 0 Å². The second-order valence-electron chi connectivity index (χ2n) is 1.35. The average molecular weight is 111 g/mol. The van der Waals surface area contributed by atoms with Gasteiger partial charge < -0.3 is 5.73 Å². The monoisotopic (exact) mass is 111 g/mol. The minimum absolute atomic E-state index is 0.160. The summed E-state index contributed by atoms with van der Waals surface area (Å²) in [4.78, 5) is 10.2. The third kappa shape index (κ3) is 0.666. The van der Waals surface area contributed by atoms with Gasteiger partial charge in [-0.2, -0.15) is 0 Å². The fraction of sp³-hybridized carbons (Fsp3) is 0. The normalized spacial score (nSPS) is 15.1. The van der Waals surface area contributed by atoms with Crippen molar-refractivity contribution in [3.63, 3.8) is 0 Å². The number of rotatable bonds is 1. The summed E-state index contributed by atoms with van der Waals surface area (Å²) in [6, 6.07) is 0. The summed E-state index contributed by atoms with van der Waals surface area (Å²) >= 11 is 0. The van der Waals surface area contributed by atoms with Crippen molar-refractivity contribution in [3.05, 3.63) is 11.8 Å². The molecule has 0 aliphatic carbocycles. The van der Waals surface area contributed by atoms with Gasteiger partial charge in [0.05, 0.1) is 0 Å². The molecular formula is C4H5NOSi. The lowest BCUT2D eigenvalue weighted by Crippen LogP contribution is -2.27. The quantitative estimate of drug-likeness (QED) is 0.461. The maximum atomic E-state index is 10.2. The molecular weight excluding hydrogens is 106 g/mol. The average Bonchev–Trinajstić information content (AvgIpc) is 1.23. The summed E-state index contributed by atoms with van der Waals surface area (Å²) in [5, 5.41) is 0. The lowest BCUT2D eigenvalue weighted by molar-refractivity contribution is 0.266. The number of primary amides is 1. The Morgan fingerprint density at radius 2 is 2.29 bits per heavy atom. The molecule has 3 heteroatoms. The fourth-order valence-electron chi connectivity index (χ4n) is 0.357. The van der Waals surface area contributed by atoms with E-state index in [4.69, 9.17) is 5.73 Å². The van der Waals surface area contributed by atoms with E-state index < -0.39 is 8.41 Å².